The first-order valence-electron chi connectivity index (χ1n) is 5.07. The van der Waals surface area contributed by atoms with Crippen molar-refractivity contribution in [3.05, 3.63) is 28.6 Å². The van der Waals surface area contributed by atoms with Crippen LogP contribution in [0.3, 0.4) is 0 Å². The molecule has 0 aliphatic carbocycles. The highest BCUT2D eigenvalue weighted by Gasteiger charge is 2.06. The van der Waals surface area contributed by atoms with Crippen molar-refractivity contribution in [2.75, 3.05) is 24.7 Å². The third-order valence-corrected chi connectivity index (χ3v) is 3.20. The summed E-state index contributed by atoms with van der Waals surface area (Å²) in [6.07, 6.45) is 0. The number of nitrogens with two attached hydrogens (primary N) is 1. The van der Waals surface area contributed by atoms with E-state index in [0.29, 0.717) is 0 Å². The molecule has 0 spiro atoms. The van der Waals surface area contributed by atoms with Gasteiger partial charge < -0.3 is 10.6 Å². The molecule has 2 aromatic rings. The third kappa shape index (κ3) is 2.02. The van der Waals surface area contributed by atoms with E-state index < -0.39 is 0 Å². The van der Waals surface area contributed by atoms with Crippen LogP contribution in [0.15, 0.2) is 23.6 Å². The molecule has 84 valence electrons. The Morgan fingerprint density at radius 2 is 2.06 bits per heavy atom. The van der Waals surface area contributed by atoms with Crippen LogP contribution in [0.2, 0.25) is 0 Å². The predicted molar refractivity (Wildman–Crippen MR) is 71.0 cm³/mol. The Balaban J connectivity index is 2.42. The van der Waals surface area contributed by atoms with Gasteiger partial charge in [0.15, 0.2) is 0 Å². The maximum absolute atomic E-state index is 6.00. The standard InChI is InChI=1S/C12H15N3S/c1-8-14-11(7-16-8)9-4-5-12(15(2)3)10(13)6-9/h4-7H,13H2,1-3H3. The first kappa shape index (κ1) is 11.0. The number of nitrogens with zero attached hydrogens (tertiary/aromatic N) is 2. The fourth-order valence-corrected chi connectivity index (χ4v) is 2.24. The van der Waals surface area contributed by atoms with E-state index in [4.69, 9.17) is 5.73 Å². The van der Waals surface area contributed by atoms with Gasteiger partial charge in [-0.25, -0.2) is 4.98 Å². The summed E-state index contributed by atoms with van der Waals surface area (Å²) in [4.78, 5) is 6.45. The maximum atomic E-state index is 6.00. The lowest BCUT2D eigenvalue weighted by atomic mass is 10.1. The molecule has 1 aromatic carbocycles. The van der Waals surface area contributed by atoms with Crippen LogP contribution >= 0.6 is 11.3 Å². The number of anilines is 2. The zero-order chi connectivity index (χ0) is 11.7. The Morgan fingerprint density at radius 1 is 1.31 bits per heavy atom. The minimum atomic E-state index is 0.785. The molecule has 2 N–H and O–H groups in total. The molecule has 0 aliphatic rings. The first-order valence-corrected chi connectivity index (χ1v) is 5.95. The summed E-state index contributed by atoms with van der Waals surface area (Å²) >= 11 is 1.65. The van der Waals surface area contributed by atoms with Crippen molar-refractivity contribution in [3.8, 4) is 11.3 Å². The van der Waals surface area contributed by atoms with E-state index >= 15 is 0 Å². The van der Waals surface area contributed by atoms with Crippen LogP contribution in [0.5, 0.6) is 0 Å². The fourth-order valence-electron chi connectivity index (χ4n) is 1.62. The number of thiazole rings is 1. The third-order valence-electron chi connectivity index (χ3n) is 2.42. The summed E-state index contributed by atoms with van der Waals surface area (Å²) in [5.41, 5.74) is 9.90. The van der Waals surface area contributed by atoms with Crippen LogP contribution in [0.4, 0.5) is 11.4 Å². The van der Waals surface area contributed by atoms with Crippen molar-refractivity contribution >= 4 is 22.7 Å². The second-order valence-corrected chi connectivity index (χ2v) is 4.98. The van der Waals surface area contributed by atoms with Crippen molar-refractivity contribution in [2.24, 2.45) is 0 Å². The van der Waals surface area contributed by atoms with Gasteiger partial charge in [0.05, 0.1) is 22.1 Å². The van der Waals surface area contributed by atoms with E-state index in [1.165, 1.54) is 0 Å². The topological polar surface area (TPSA) is 42.2 Å². The Bertz CT molecular complexity index is 503. The molecule has 0 saturated heterocycles. The van der Waals surface area contributed by atoms with Crippen LogP contribution in [-0.2, 0) is 0 Å². The Labute approximate surface area is 99.5 Å². The van der Waals surface area contributed by atoms with E-state index in [1.54, 1.807) is 11.3 Å². The molecule has 1 heterocycles. The Morgan fingerprint density at radius 3 is 2.56 bits per heavy atom. The quantitative estimate of drug-likeness (QED) is 0.811. The van der Waals surface area contributed by atoms with Crippen molar-refractivity contribution in [1.29, 1.82) is 0 Å². The average molecular weight is 233 g/mol. The predicted octanol–water partition coefficient (Wildman–Crippen LogP) is 2.77. The number of aryl methyl sites for hydroxylation is 1. The van der Waals surface area contributed by atoms with Crippen molar-refractivity contribution in [1.82, 2.24) is 4.98 Å². The number of hydrogen-bond acceptors (Lipinski definition) is 4. The number of benzene rings is 1. The van der Waals surface area contributed by atoms with Crippen LogP contribution in [-0.4, -0.2) is 19.1 Å². The Hall–Kier alpha value is -1.55. The first-order chi connectivity index (χ1) is 7.58. The molecule has 0 amide bonds. The summed E-state index contributed by atoms with van der Waals surface area (Å²) < 4.78 is 0. The van der Waals surface area contributed by atoms with Crippen molar-refractivity contribution in [3.63, 3.8) is 0 Å². The molecule has 0 bridgehead atoms. The molecular weight excluding hydrogens is 218 g/mol. The summed E-state index contributed by atoms with van der Waals surface area (Å²) in [6.45, 7) is 2.01. The van der Waals surface area contributed by atoms with Crippen LogP contribution < -0.4 is 10.6 Å². The van der Waals surface area contributed by atoms with E-state index in [2.05, 4.69) is 16.4 Å². The molecule has 0 saturated carbocycles. The van der Waals surface area contributed by atoms with Gasteiger partial charge in [0, 0.05) is 25.0 Å². The van der Waals surface area contributed by atoms with Gasteiger partial charge in [-0.05, 0) is 19.1 Å². The van der Waals surface area contributed by atoms with Crippen LogP contribution in [0.25, 0.3) is 11.3 Å². The zero-order valence-electron chi connectivity index (χ0n) is 9.69. The minimum Gasteiger partial charge on any atom is -0.397 e. The largest absolute Gasteiger partial charge is 0.397 e. The van der Waals surface area contributed by atoms with Crippen molar-refractivity contribution in [2.45, 2.75) is 6.92 Å². The molecule has 0 unspecified atom stereocenters. The monoisotopic (exact) mass is 233 g/mol. The lowest BCUT2D eigenvalue weighted by Crippen LogP contribution is -2.10. The molecule has 1 aromatic heterocycles. The summed E-state index contributed by atoms with van der Waals surface area (Å²) in [5.74, 6) is 0. The van der Waals surface area contributed by atoms with Gasteiger partial charge in [0.2, 0.25) is 0 Å². The van der Waals surface area contributed by atoms with Crippen molar-refractivity contribution < 1.29 is 0 Å². The zero-order valence-corrected chi connectivity index (χ0v) is 10.5. The highest BCUT2D eigenvalue weighted by Crippen LogP contribution is 2.28. The molecule has 0 fully saturated rings. The normalized spacial score (nSPS) is 10.4. The molecule has 0 atom stereocenters. The van der Waals surface area contributed by atoms with Gasteiger partial charge in [0.25, 0.3) is 0 Å². The molecule has 4 heteroatoms. The second-order valence-electron chi connectivity index (χ2n) is 3.92. The molecule has 16 heavy (non-hydrogen) atoms. The fraction of sp³-hybridized carbons (Fsp3) is 0.250. The minimum absolute atomic E-state index is 0.785. The van der Waals surface area contributed by atoms with Crippen LogP contribution in [0.1, 0.15) is 5.01 Å². The summed E-state index contributed by atoms with van der Waals surface area (Å²) in [7, 11) is 3.97. The van der Waals surface area contributed by atoms with Gasteiger partial charge in [0.1, 0.15) is 0 Å². The SMILES string of the molecule is Cc1nc(-c2ccc(N(C)C)c(N)c2)cs1. The van der Waals surface area contributed by atoms with E-state index in [9.17, 15) is 0 Å². The lowest BCUT2D eigenvalue weighted by Gasteiger charge is -2.15. The number of aromatic nitrogens is 1. The van der Waals surface area contributed by atoms with Gasteiger partial charge in [-0.15, -0.1) is 11.3 Å². The number of nitrogen functional groups attached to an aromatic ring is 1. The smallest absolute Gasteiger partial charge is 0.0901 e. The van der Waals surface area contributed by atoms with Gasteiger partial charge in [-0.2, -0.15) is 0 Å². The van der Waals surface area contributed by atoms with Crippen LogP contribution in [0, 0.1) is 6.92 Å². The van der Waals surface area contributed by atoms with E-state index in [-0.39, 0.29) is 0 Å². The number of rotatable bonds is 2. The maximum Gasteiger partial charge on any atom is 0.0901 e. The lowest BCUT2D eigenvalue weighted by molar-refractivity contribution is 1.13. The van der Waals surface area contributed by atoms with Gasteiger partial charge in [-0.3, -0.25) is 0 Å². The summed E-state index contributed by atoms with van der Waals surface area (Å²) in [6, 6.07) is 6.06. The van der Waals surface area contributed by atoms with E-state index in [1.807, 2.05) is 38.1 Å². The Kier molecular flexibility index (Phi) is 2.83. The molecule has 3 nitrogen and oxygen atoms in total. The molecule has 0 radical (unpaired) electrons. The second kappa shape index (κ2) is 4.14. The molecular formula is C12H15N3S. The highest BCUT2D eigenvalue weighted by molar-refractivity contribution is 7.09. The van der Waals surface area contributed by atoms with E-state index in [0.717, 1.165) is 27.6 Å². The number of hydrogen-bond donors (Lipinski definition) is 1. The molecule has 2 rings (SSSR count). The molecule has 0 aliphatic heterocycles. The summed E-state index contributed by atoms with van der Waals surface area (Å²) in [5, 5.41) is 3.13. The highest BCUT2D eigenvalue weighted by atomic mass is 32.1. The van der Waals surface area contributed by atoms with Gasteiger partial charge >= 0.3 is 0 Å². The average Bonchev–Trinajstić information content (AvgIpc) is 2.64. The van der Waals surface area contributed by atoms with Gasteiger partial charge in [-0.1, -0.05) is 6.07 Å².